The van der Waals surface area contributed by atoms with Crippen molar-refractivity contribution in [3.05, 3.63) is 29.8 Å². The van der Waals surface area contributed by atoms with Crippen LogP contribution in [-0.2, 0) is 4.79 Å². The lowest BCUT2D eigenvalue weighted by molar-refractivity contribution is -0.116. The number of anilines is 1. The number of benzene rings is 1. The van der Waals surface area contributed by atoms with Crippen LogP contribution in [0.4, 0.5) is 10.5 Å². The first kappa shape index (κ1) is 16.8. The molecule has 24 heavy (non-hydrogen) atoms. The van der Waals surface area contributed by atoms with Crippen LogP contribution in [0.1, 0.15) is 51.5 Å². The highest BCUT2D eigenvalue weighted by Crippen LogP contribution is 2.33. The van der Waals surface area contributed by atoms with Crippen LogP contribution in [0.25, 0.3) is 0 Å². The van der Waals surface area contributed by atoms with Gasteiger partial charge in [0.1, 0.15) is 0 Å². The van der Waals surface area contributed by atoms with Crippen molar-refractivity contribution in [2.75, 3.05) is 11.9 Å². The van der Waals surface area contributed by atoms with Crippen LogP contribution in [0, 0.1) is 5.92 Å². The average Bonchev–Trinajstić information content (AvgIpc) is 3.37. The molecule has 1 saturated carbocycles. The van der Waals surface area contributed by atoms with Gasteiger partial charge in [-0.3, -0.25) is 4.79 Å². The number of nitrogens with one attached hydrogen (secondary N) is 2. The van der Waals surface area contributed by atoms with Gasteiger partial charge in [-0.25, -0.2) is 4.79 Å². The molecule has 5 heteroatoms. The largest absolute Gasteiger partial charge is 0.337 e. The molecule has 130 valence electrons. The Morgan fingerprint density at radius 2 is 2.00 bits per heavy atom. The predicted octanol–water partition coefficient (Wildman–Crippen LogP) is 3.33. The van der Waals surface area contributed by atoms with Crippen LogP contribution >= 0.6 is 0 Å². The summed E-state index contributed by atoms with van der Waals surface area (Å²) in [4.78, 5) is 26.6. The van der Waals surface area contributed by atoms with Crippen molar-refractivity contribution in [3.63, 3.8) is 0 Å². The van der Waals surface area contributed by atoms with Gasteiger partial charge in [0.25, 0.3) is 0 Å². The van der Waals surface area contributed by atoms with Gasteiger partial charge in [-0.15, -0.1) is 0 Å². The maximum Gasteiger partial charge on any atom is 0.317 e. The van der Waals surface area contributed by atoms with Gasteiger partial charge < -0.3 is 15.5 Å². The Labute approximate surface area is 143 Å². The third-order valence-corrected chi connectivity index (χ3v) is 5.18. The summed E-state index contributed by atoms with van der Waals surface area (Å²) in [6, 6.07) is 8.44. The minimum Gasteiger partial charge on any atom is -0.337 e. The zero-order valence-electron chi connectivity index (χ0n) is 14.7. The average molecular weight is 329 g/mol. The Kier molecular flexibility index (Phi) is 4.78. The molecule has 3 amide bonds. The summed E-state index contributed by atoms with van der Waals surface area (Å²) >= 11 is 0. The van der Waals surface area contributed by atoms with E-state index in [0.29, 0.717) is 24.9 Å². The number of hydrogen-bond acceptors (Lipinski definition) is 2. The Bertz CT molecular complexity index is 625. The SMILES string of the molecule is CC(C)[C@@H](C)N(C(=O)NC[C@@H]1CC(=O)Nc2ccccc21)C1CC1. The molecule has 0 spiro atoms. The van der Waals surface area contributed by atoms with Crippen molar-refractivity contribution in [2.24, 2.45) is 5.92 Å². The van der Waals surface area contributed by atoms with Crippen molar-refractivity contribution >= 4 is 17.6 Å². The number of rotatable bonds is 5. The molecule has 0 saturated heterocycles. The molecule has 2 atom stereocenters. The molecule has 2 N–H and O–H groups in total. The number of carbonyl (C=O) groups is 2. The molecule has 0 radical (unpaired) electrons. The lowest BCUT2D eigenvalue weighted by Gasteiger charge is -2.33. The monoisotopic (exact) mass is 329 g/mol. The van der Waals surface area contributed by atoms with Gasteiger partial charge in [0.2, 0.25) is 5.91 Å². The number of nitrogens with zero attached hydrogens (tertiary/aromatic N) is 1. The topological polar surface area (TPSA) is 61.4 Å². The van der Waals surface area contributed by atoms with Gasteiger partial charge in [0.15, 0.2) is 0 Å². The molecule has 0 bridgehead atoms. The van der Waals surface area contributed by atoms with E-state index in [2.05, 4.69) is 31.4 Å². The second kappa shape index (κ2) is 6.83. The molecule has 1 fully saturated rings. The summed E-state index contributed by atoms with van der Waals surface area (Å²) in [5.74, 6) is 0.481. The number of carbonyl (C=O) groups excluding carboxylic acids is 2. The highest BCUT2D eigenvalue weighted by molar-refractivity contribution is 5.94. The van der Waals surface area contributed by atoms with E-state index in [0.717, 1.165) is 24.1 Å². The van der Waals surface area contributed by atoms with Crippen LogP contribution in [-0.4, -0.2) is 35.5 Å². The van der Waals surface area contributed by atoms with E-state index < -0.39 is 0 Å². The highest BCUT2D eigenvalue weighted by Gasteiger charge is 2.37. The van der Waals surface area contributed by atoms with E-state index in [1.54, 1.807) is 0 Å². The molecule has 1 aromatic rings. The van der Waals surface area contributed by atoms with Crippen LogP contribution in [0.3, 0.4) is 0 Å². The molecule has 1 aliphatic heterocycles. The Balaban J connectivity index is 1.66. The summed E-state index contributed by atoms with van der Waals surface area (Å²) in [5, 5.41) is 5.98. The van der Waals surface area contributed by atoms with Crippen LogP contribution in [0.15, 0.2) is 24.3 Å². The van der Waals surface area contributed by atoms with E-state index in [1.165, 1.54) is 0 Å². The van der Waals surface area contributed by atoms with Gasteiger partial charge in [-0.05, 0) is 37.3 Å². The molecular formula is C19H27N3O2. The zero-order valence-corrected chi connectivity index (χ0v) is 14.7. The molecule has 1 heterocycles. The smallest absolute Gasteiger partial charge is 0.317 e. The summed E-state index contributed by atoms with van der Waals surface area (Å²) in [5.41, 5.74) is 1.97. The number of para-hydroxylation sites is 1. The van der Waals surface area contributed by atoms with Crippen molar-refractivity contribution < 1.29 is 9.59 Å². The Morgan fingerprint density at radius 1 is 1.29 bits per heavy atom. The number of fused-ring (bicyclic) bond motifs is 1. The first-order chi connectivity index (χ1) is 11.5. The summed E-state index contributed by atoms with van der Waals surface area (Å²) in [6.45, 7) is 6.91. The second-order valence-electron chi connectivity index (χ2n) is 7.35. The summed E-state index contributed by atoms with van der Waals surface area (Å²) in [6.07, 6.45) is 2.61. The molecule has 5 nitrogen and oxygen atoms in total. The fourth-order valence-corrected chi connectivity index (χ4v) is 3.34. The van der Waals surface area contributed by atoms with Crippen molar-refractivity contribution in [1.29, 1.82) is 0 Å². The second-order valence-corrected chi connectivity index (χ2v) is 7.35. The molecule has 1 aromatic carbocycles. The quantitative estimate of drug-likeness (QED) is 0.870. The van der Waals surface area contributed by atoms with E-state index in [1.807, 2.05) is 29.2 Å². The van der Waals surface area contributed by atoms with E-state index in [9.17, 15) is 9.59 Å². The number of urea groups is 1. The standard InChI is InChI=1S/C19H27N3O2/c1-12(2)13(3)22(15-8-9-15)19(24)20-11-14-10-18(23)21-17-7-5-4-6-16(14)17/h4-7,12-15H,8-11H2,1-3H3,(H,20,24)(H,21,23)/t13-,14+/m1/s1. The zero-order chi connectivity index (χ0) is 17.3. The lowest BCUT2D eigenvalue weighted by Crippen LogP contribution is -2.49. The summed E-state index contributed by atoms with van der Waals surface area (Å²) < 4.78 is 0. The van der Waals surface area contributed by atoms with E-state index in [4.69, 9.17) is 0 Å². The number of amides is 3. The Morgan fingerprint density at radius 3 is 2.67 bits per heavy atom. The van der Waals surface area contributed by atoms with Crippen LogP contribution in [0.2, 0.25) is 0 Å². The maximum absolute atomic E-state index is 12.7. The lowest BCUT2D eigenvalue weighted by atomic mass is 9.90. The molecule has 0 unspecified atom stereocenters. The highest BCUT2D eigenvalue weighted by atomic mass is 16.2. The van der Waals surface area contributed by atoms with Gasteiger partial charge >= 0.3 is 6.03 Å². The van der Waals surface area contributed by atoms with E-state index >= 15 is 0 Å². The fraction of sp³-hybridized carbons (Fsp3) is 0.579. The van der Waals surface area contributed by atoms with Gasteiger partial charge in [0.05, 0.1) is 0 Å². The third kappa shape index (κ3) is 3.55. The number of hydrogen-bond donors (Lipinski definition) is 2. The third-order valence-electron chi connectivity index (χ3n) is 5.18. The maximum atomic E-state index is 12.7. The summed E-state index contributed by atoms with van der Waals surface area (Å²) in [7, 11) is 0. The van der Waals surface area contributed by atoms with Gasteiger partial charge in [-0.1, -0.05) is 32.0 Å². The normalized spacial score (nSPS) is 21.0. The first-order valence-corrected chi connectivity index (χ1v) is 8.92. The van der Waals surface area contributed by atoms with Gasteiger partial charge in [-0.2, -0.15) is 0 Å². The van der Waals surface area contributed by atoms with Gasteiger partial charge in [0, 0.05) is 36.7 Å². The molecule has 1 aliphatic carbocycles. The fourth-order valence-electron chi connectivity index (χ4n) is 3.34. The van der Waals surface area contributed by atoms with Crippen LogP contribution in [0.5, 0.6) is 0 Å². The first-order valence-electron chi connectivity index (χ1n) is 8.92. The molecule has 2 aliphatic rings. The van der Waals surface area contributed by atoms with E-state index in [-0.39, 0.29) is 23.9 Å². The molecular weight excluding hydrogens is 302 g/mol. The Hall–Kier alpha value is -2.04. The van der Waals surface area contributed by atoms with Crippen molar-refractivity contribution in [3.8, 4) is 0 Å². The minimum absolute atomic E-state index is 0.00200. The predicted molar refractivity (Wildman–Crippen MR) is 95.0 cm³/mol. The van der Waals surface area contributed by atoms with Crippen molar-refractivity contribution in [1.82, 2.24) is 10.2 Å². The van der Waals surface area contributed by atoms with Crippen molar-refractivity contribution in [2.45, 2.75) is 58.0 Å². The van der Waals surface area contributed by atoms with Crippen LogP contribution < -0.4 is 10.6 Å². The molecule has 0 aromatic heterocycles. The minimum atomic E-state index is 0.00200. The molecule has 3 rings (SSSR count).